The van der Waals surface area contributed by atoms with Gasteiger partial charge in [-0.1, -0.05) is 24.3 Å². The van der Waals surface area contributed by atoms with Crippen molar-refractivity contribution in [1.82, 2.24) is 9.88 Å². The van der Waals surface area contributed by atoms with E-state index in [1.54, 1.807) is 11.8 Å². The number of pyridine rings is 1. The third-order valence-corrected chi connectivity index (χ3v) is 5.11. The molecule has 0 atom stereocenters. The first-order valence-corrected chi connectivity index (χ1v) is 8.44. The monoisotopic (exact) mass is 309 g/mol. The average molecular weight is 309 g/mol. The van der Waals surface area contributed by atoms with Crippen molar-refractivity contribution >= 4 is 11.8 Å². The second kappa shape index (κ2) is 6.51. The second-order valence-corrected chi connectivity index (χ2v) is 6.73. The van der Waals surface area contributed by atoms with E-state index < -0.39 is 0 Å². The number of nitriles is 1. The maximum absolute atomic E-state index is 9.42. The van der Waals surface area contributed by atoms with Crippen LogP contribution in [0.1, 0.15) is 27.9 Å². The van der Waals surface area contributed by atoms with Crippen molar-refractivity contribution in [2.45, 2.75) is 30.7 Å². The lowest BCUT2D eigenvalue weighted by Crippen LogP contribution is -2.27. The largest absolute Gasteiger partial charge is 0.302 e. The number of hydrogen-bond donors (Lipinski definition) is 0. The molecular formula is C18H19N3S. The number of nitrogens with zero attached hydrogens (tertiary/aromatic N) is 3. The minimum absolute atomic E-state index is 0.702. The summed E-state index contributed by atoms with van der Waals surface area (Å²) >= 11 is 1.67. The summed E-state index contributed by atoms with van der Waals surface area (Å²) in [5.41, 5.74) is 5.64. The summed E-state index contributed by atoms with van der Waals surface area (Å²) in [4.78, 5) is 7.05. The van der Waals surface area contributed by atoms with Crippen LogP contribution in [0.25, 0.3) is 0 Å². The van der Waals surface area contributed by atoms with Crippen LogP contribution in [-0.2, 0) is 18.7 Å². The second-order valence-electron chi connectivity index (χ2n) is 5.76. The summed E-state index contributed by atoms with van der Waals surface area (Å²) in [6, 6.07) is 12.7. The van der Waals surface area contributed by atoms with Crippen LogP contribution in [0.15, 0.2) is 35.4 Å². The van der Waals surface area contributed by atoms with Gasteiger partial charge in [-0.3, -0.25) is 0 Å². The number of fused-ring (bicyclic) bond motifs is 1. The molecule has 1 aromatic carbocycles. The molecule has 0 spiro atoms. The van der Waals surface area contributed by atoms with Crippen LogP contribution < -0.4 is 0 Å². The van der Waals surface area contributed by atoms with E-state index in [9.17, 15) is 5.26 Å². The standard InChI is InChI=1S/C18H19N3S/c1-13-5-3-4-6-14(13)12-22-18-15(10-19)9-16-11-21(2)8-7-17(16)20-18/h3-6,9H,7-8,11-12H2,1-2H3. The van der Waals surface area contributed by atoms with Gasteiger partial charge in [0.2, 0.25) is 0 Å². The summed E-state index contributed by atoms with van der Waals surface area (Å²) in [6.45, 7) is 4.05. The zero-order valence-electron chi connectivity index (χ0n) is 13.0. The lowest BCUT2D eigenvalue weighted by Gasteiger charge is -2.24. The van der Waals surface area contributed by atoms with Gasteiger partial charge in [0, 0.05) is 31.0 Å². The molecular weight excluding hydrogens is 290 g/mol. The Bertz CT molecular complexity index is 734. The summed E-state index contributed by atoms with van der Waals surface area (Å²) in [6.07, 6.45) is 0.968. The highest BCUT2D eigenvalue weighted by Gasteiger charge is 2.18. The van der Waals surface area contributed by atoms with E-state index in [4.69, 9.17) is 4.98 Å². The Morgan fingerprint density at radius 3 is 2.95 bits per heavy atom. The van der Waals surface area contributed by atoms with Crippen LogP contribution in [0.3, 0.4) is 0 Å². The first kappa shape index (κ1) is 15.1. The topological polar surface area (TPSA) is 39.9 Å². The third kappa shape index (κ3) is 3.16. The molecule has 0 radical (unpaired) electrons. The molecule has 0 aliphatic carbocycles. The van der Waals surface area contributed by atoms with Gasteiger partial charge >= 0.3 is 0 Å². The quantitative estimate of drug-likeness (QED) is 0.813. The van der Waals surface area contributed by atoms with Crippen molar-refractivity contribution in [3.05, 3.63) is 58.3 Å². The molecule has 1 aliphatic heterocycles. The number of aryl methyl sites for hydroxylation is 1. The van der Waals surface area contributed by atoms with Crippen LogP contribution in [0, 0.1) is 18.3 Å². The highest BCUT2D eigenvalue weighted by molar-refractivity contribution is 7.98. The Morgan fingerprint density at radius 2 is 2.18 bits per heavy atom. The predicted molar refractivity (Wildman–Crippen MR) is 89.7 cm³/mol. The Kier molecular flexibility index (Phi) is 4.47. The highest BCUT2D eigenvalue weighted by Crippen LogP contribution is 2.28. The van der Waals surface area contributed by atoms with E-state index in [2.05, 4.69) is 49.2 Å². The number of hydrogen-bond acceptors (Lipinski definition) is 4. The Morgan fingerprint density at radius 1 is 1.36 bits per heavy atom. The molecule has 0 amide bonds. The smallest absolute Gasteiger partial charge is 0.114 e. The van der Waals surface area contributed by atoms with E-state index in [-0.39, 0.29) is 0 Å². The highest BCUT2D eigenvalue weighted by atomic mass is 32.2. The van der Waals surface area contributed by atoms with Crippen LogP contribution in [0.4, 0.5) is 0 Å². The summed E-state index contributed by atoms with van der Waals surface area (Å²) in [5, 5.41) is 10.3. The van der Waals surface area contributed by atoms with E-state index in [1.807, 2.05) is 6.07 Å². The summed E-state index contributed by atoms with van der Waals surface area (Å²) in [7, 11) is 2.11. The fraction of sp³-hybridized carbons (Fsp3) is 0.333. The van der Waals surface area contributed by atoms with Crippen molar-refractivity contribution in [2.75, 3.05) is 13.6 Å². The normalized spacial score (nSPS) is 14.4. The van der Waals surface area contributed by atoms with Crippen LogP contribution in [-0.4, -0.2) is 23.5 Å². The van der Waals surface area contributed by atoms with E-state index in [1.165, 1.54) is 16.7 Å². The molecule has 1 aromatic heterocycles. The third-order valence-electron chi connectivity index (χ3n) is 4.07. The van der Waals surface area contributed by atoms with Gasteiger partial charge in [0.05, 0.1) is 5.56 Å². The minimum Gasteiger partial charge on any atom is -0.302 e. The van der Waals surface area contributed by atoms with E-state index in [0.29, 0.717) is 5.56 Å². The fourth-order valence-corrected chi connectivity index (χ4v) is 3.75. The van der Waals surface area contributed by atoms with Crippen LogP contribution in [0.2, 0.25) is 0 Å². The molecule has 0 fully saturated rings. The molecule has 3 nitrogen and oxygen atoms in total. The molecule has 22 heavy (non-hydrogen) atoms. The van der Waals surface area contributed by atoms with Crippen molar-refractivity contribution in [1.29, 1.82) is 5.26 Å². The Labute approximate surface area is 136 Å². The summed E-state index contributed by atoms with van der Waals surface area (Å²) in [5.74, 6) is 0.854. The maximum Gasteiger partial charge on any atom is 0.114 e. The Hall–Kier alpha value is -1.83. The molecule has 0 bridgehead atoms. The van der Waals surface area contributed by atoms with Gasteiger partial charge in [-0.05, 0) is 36.7 Å². The minimum atomic E-state index is 0.702. The number of benzene rings is 1. The molecule has 4 heteroatoms. The lowest BCUT2D eigenvalue weighted by atomic mass is 10.0. The SMILES string of the molecule is Cc1ccccc1CSc1nc2c(cc1C#N)CN(C)CC2. The van der Waals surface area contributed by atoms with Gasteiger partial charge in [0.1, 0.15) is 11.1 Å². The molecule has 2 aromatic rings. The van der Waals surface area contributed by atoms with Crippen molar-refractivity contribution in [3.63, 3.8) is 0 Å². The first-order valence-electron chi connectivity index (χ1n) is 7.46. The lowest BCUT2D eigenvalue weighted by molar-refractivity contribution is 0.309. The molecule has 3 rings (SSSR count). The Balaban J connectivity index is 1.85. The van der Waals surface area contributed by atoms with Gasteiger partial charge in [-0.25, -0.2) is 4.98 Å². The van der Waals surface area contributed by atoms with Gasteiger partial charge in [-0.15, -0.1) is 11.8 Å². The molecule has 0 N–H and O–H groups in total. The van der Waals surface area contributed by atoms with E-state index >= 15 is 0 Å². The molecule has 2 heterocycles. The fourth-order valence-electron chi connectivity index (χ4n) is 2.70. The average Bonchev–Trinajstić information content (AvgIpc) is 2.53. The maximum atomic E-state index is 9.42. The van der Waals surface area contributed by atoms with Gasteiger partial charge < -0.3 is 4.90 Å². The van der Waals surface area contributed by atoms with Crippen LogP contribution >= 0.6 is 11.8 Å². The molecule has 0 saturated carbocycles. The predicted octanol–water partition coefficient (Wildman–Crippen LogP) is 3.54. The van der Waals surface area contributed by atoms with Crippen molar-refractivity contribution in [2.24, 2.45) is 0 Å². The zero-order valence-corrected chi connectivity index (χ0v) is 13.8. The molecule has 0 saturated heterocycles. The molecule has 112 valence electrons. The summed E-state index contributed by atoms with van der Waals surface area (Å²) < 4.78 is 0. The first-order chi connectivity index (χ1) is 10.7. The van der Waals surface area contributed by atoms with Gasteiger partial charge in [0.15, 0.2) is 0 Å². The van der Waals surface area contributed by atoms with Crippen molar-refractivity contribution < 1.29 is 0 Å². The van der Waals surface area contributed by atoms with E-state index in [0.717, 1.165) is 36.0 Å². The number of likely N-dealkylation sites (N-methyl/N-ethyl adjacent to an activating group) is 1. The van der Waals surface area contributed by atoms with Gasteiger partial charge in [-0.2, -0.15) is 5.26 Å². The zero-order chi connectivity index (χ0) is 15.5. The number of aromatic nitrogens is 1. The van der Waals surface area contributed by atoms with Crippen molar-refractivity contribution in [3.8, 4) is 6.07 Å². The van der Waals surface area contributed by atoms with Gasteiger partial charge in [0.25, 0.3) is 0 Å². The number of rotatable bonds is 3. The van der Waals surface area contributed by atoms with Crippen LogP contribution in [0.5, 0.6) is 0 Å². The molecule has 0 unspecified atom stereocenters. The molecule has 1 aliphatic rings. The number of thioether (sulfide) groups is 1.